The fourth-order valence-corrected chi connectivity index (χ4v) is 5.90. The minimum absolute atomic E-state index is 0.117. The van der Waals surface area contributed by atoms with Crippen LogP contribution in [-0.2, 0) is 16.4 Å². The molecule has 2 saturated carbocycles. The normalized spacial score (nSPS) is 22.0. The van der Waals surface area contributed by atoms with Crippen LogP contribution < -0.4 is 4.72 Å². The molecule has 5 rings (SSSR count). The Morgan fingerprint density at radius 2 is 1.97 bits per heavy atom. The van der Waals surface area contributed by atoms with E-state index in [1.807, 2.05) is 17.6 Å². The summed E-state index contributed by atoms with van der Waals surface area (Å²) in [6.45, 7) is 1.95. The van der Waals surface area contributed by atoms with Crippen molar-refractivity contribution in [3.8, 4) is 11.4 Å². The van der Waals surface area contributed by atoms with E-state index in [1.165, 1.54) is 0 Å². The molecule has 164 valence electrons. The Morgan fingerprint density at radius 1 is 1.16 bits per heavy atom. The van der Waals surface area contributed by atoms with Gasteiger partial charge in [-0.2, -0.15) is 4.98 Å². The van der Waals surface area contributed by atoms with Crippen LogP contribution >= 0.6 is 0 Å². The van der Waals surface area contributed by atoms with Gasteiger partial charge in [-0.3, -0.25) is 0 Å². The van der Waals surface area contributed by atoms with Crippen LogP contribution in [0.3, 0.4) is 0 Å². The first-order valence-corrected chi connectivity index (χ1v) is 12.3. The lowest BCUT2D eigenvalue weighted by Gasteiger charge is -2.30. The van der Waals surface area contributed by atoms with Crippen LogP contribution in [0, 0.1) is 0 Å². The van der Waals surface area contributed by atoms with E-state index in [4.69, 9.17) is 4.52 Å². The summed E-state index contributed by atoms with van der Waals surface area (Å²) in [6, 6.07) is 5.37. The number of nitrogens with one attached hydrogen (secondary N) is 1. The Kier molecular flexibility index (Phi) is 5.35. The molecule has 10 heteroatoms. The van der Waals surface area contributed by atoms with E-state index in [0.29, 0.717) is 28.9 Å². The van der Waals surface area contributed by atoms with Gasteiger partial charge >= 0.3 is 0 Å². The van der Waals surface area contributed by atoms with Gasteiger partial charge in [0.05, 0.1) is 4.90 Å². The molecule has 2 aliphatic rings. The van der Waals surface area contributed by atoms with Crippen molar-refractivity contribution in [1.82, 2.24) is 29.6 Å². The molecule has 2 aliphatic carbocycles. The van der Waals surface area contributed by atoms with Crippen LogP contribution in [0.5, 0.6) is 0 Å². The predicted octanol–water partition coefficient (Wildman–Crippen LogP) is 3.23. The lowest BCUT2D eigenvalue weighted by atomic mass is 9.91. The van der Waals surface area contributed by atoms with Gasteiger partial charge in [0.15, 0.2) is 0 Å². The van der Waals surface area contributed by atoms with Crippen LogP contribution in [0.1, 0.15) is 68.9 Å². The summed E-state index contributed by atoms with van der Waals surface area (Å²) in [5.41, 5.74) is 1.52. The molecule has 0 radical (unpaired) electrons. The zero-order valence-corrected chi connectivity index (χ0v) is 18.3. The Balaban J connectivity index is 1.35. The van der Waals surface area contributed by atoms with E-state index in [-0.39, 0.29) is 12.1 Å². The molecule has 0 bridgehead atoms. The molecule has 0 aliphatic heterocycles. The fourth-order valence-electron chi connectivity index (χ4n) is 4.33. The standard InChI is InChI=1S/C21H26N6O3S/c1-2-14-10-16(20-24-21(30-25-20)15-6-7-15)8-9-19(14)31(28,29)26-17-4-3-5-18(11-17)27-12-22-23-13-27/h8-10,12-13,15,17-18,26H,2-7,11H2,1H3/t17-,18+/m0/s1. The highest BCUT2D eigenvalue weighted by Gasteiger charge is 2.31. The Hall–Kier alpha value is -2.59. The molecule has 0 saturated heterocycles. The summed E-state index contributed by atoms with van der Waals surface area (Å²) in [4.78, 5) is 4.80. The monoisotopic (exact) mass is 442 g/mol. The summed E-state index contributed by atoms with van der Waals surface area (Å²) >= 11 is 0. The maximum Gasteiger partial charge on any atom is 0.241 e. The second kappa shape index (κ2) is 8.16. The molecule has 0 amide bonds. The third-order valence-electron chi connectivity index (χ3n) is 6.18. The topological polar surface area (TPSA) is 116 Å². The van der Waals surface area contributed by atoms with Crippen molar-refractivity contribution in [2.24, 2.45) is 0 Å². The minimum atomic E-state index is -3.65. The molecule has 3 aromatic rings. The Morgan fingerprint density at radius 3 is 2.71 bits per heavy atom. The van der Waals surface area contributed by atoms with Gasteiger partial charge in [-0.15, -0.1) is 10.2 Å². The van der Waals surface area contributed by atoms with E-state index in [2.05, 4.69) is 25.1 Å². The number of rotatable bonds is 7. The molecule has 2 fully saturated rings. The summed E-state index contributed by atoms with van der Waals surface area (Å²) in [6.07, 6.45) is 9.66. The first-order valence-electron chi connectivity index (χ1n) is 10.9. The quantitative estimate of drug-likeness (QED) is 0.597. The Bertz CT molecular complexity index is 1150. The summed E-state index contributed by atoms with van der Waals surface area (Å²) < 4.78 is 36.7. The number of sulfonamides is 1. The molecule has 31 heavy (non-hydrogen) atoms. The van der Waals surface area contributed by atoms with Gasteiger partial charge in [0.2, 0.25) is 21.7 Å². The average Bonchev–Trinajstić information content (AvgIpc) is 3.27. The number of hydrogen-bond donors (Lipinski definition) is 1. The van der Waals surface area contributed by atoms with E-state index in [1.54, 1.807) is 24.8 Å². The van der Waals surface area contributed by atoms with Gasteiger partial charge in [0.25, 0.3) is 0 Å². The van der Waals surface area contributed by atoms with Gasteiger partial charge < -0.3 is 9.09 Å². The Labute approximate surface area is 181 Å². The van der Waals surface area contributed by atoms with Gasteiger partial charge in [0, 0.05) is 23.6 Å². The van der Waals surface area contributed by atoms with Gasteiger partial charge in [0.1, 0.15) is 12.7 Å². The van der Waals surface area contributed by atoms with Crippen molar-refractivity contribution in [3.05, 3.63) is 42.3 Å². The van der Waals surface area contributed by atoms with Crippen LogP contribution in [-0.4, -0.2) is 39.4 Å². The zero-order chi connectivity index (χ0) is 21.4. The highest BCUT2D eigenvalue weighted by Crippen LogP contribution is 2.39. The SMILES string of the molecule is CCc1cc(-c2noc(C3CC3)n2)ccc1S(=O)(=O)N[C@H]1CCC[C@@H](n2cnnc2)C1. The van der Waals surface area contributed by atoms with Crippen molar-refractivity contribution in [1.29, 1.82) is 0 Å². The minimum Gasteiger partial charge on any atom is -0.339 e. The van der Waals surface area contributed by atoms with Crippen LogP contribution in [0.4, 0.5) is 0 Å². The lowest BCUT2D eigenvalue weighted by Crippen LogP contribution is -2.39. The third-order valence-corrected chi connectivity index (χ3v) is 7.80. The van der Waals surface area contributed by atoms with Crippen molar-refractivity contribution < 1.29 is 12.9 Å². The first-order chi connectivity index (χ1) is 15.0. The molecular formula is C21H26N6O3S. The highest BCUT2D eigenvalue weighted by atomic mass is 32.2. The average molecular weight is 443 g/mol. The van der Waals surface area contributed by atoms with Crippen LogP contribution in [0.25, 0.3) is 11.4 Å². The first kappa shape index (κ1) is 20.3. The van der Waals surface area contributed by atoms with Gasteiger partial charge in [-0.25, -0.2) is 13.1 Å². The number of aryl methyl sites for hydroxylation is 1. The number of benzene rings is 1. The maximum atomic E-state index is 13.2. The predicted molar refractivity (Wildman–Crippen MR) is 113 cm³/mol. The van der Waals surface area contributed by atoms with Gasteiger partial charge in [-0.05, 0) is 68.7 Å². The van der Waals surface area contributed by atoms with Crippen molar-refractivity contribution in [2.75, 3.05) is 0 Å². The molecule has 9 nitrogen and oxygen atoms in total. The maximum absolute atomic E-state index is 13.2. The number of aromatic nitrogens is 5. The summed E-state index contributed by atoms with van der Waals surface area (Å²) in [5.74, 6) is 1.57. The largest absolute Gasteiger partial charge is 0.339 e. The second-order valence-corrected chi connectivity index (χ2v) is 10.1. The number of nitrogens with zero attached hydrogens (tertiary/aromatic N) is 5. The zero-order valence-electron chi connectivity index (χ0n) is 17.4. The van der Waals surface area contributed by atoms with Crippen molar-refractivity contribution in [2.45, 2.75) is 74.8 Å². The fraction of sp³-hybridized carbons (Fsp3) is 0.524. The van der Waals surface area contributed by atoms with Crippen molar-refractivity contribution >= 4 is 10.0 Å². The molecule has 2 aromatic heterocycles. The number of hydrogen-bond acceptors (Lipinski definition) is 7. The van der Waals surface area contributed by atoms with Crippen LogP contribution in [0.2, 0.25) is 0 Å². The molecule has 1 N–H and O–H groups in total. The molecular weight excluding hydrogens is 416 g/mol. The molecule has 2 atom stereocenters. The van der Waals surface area contributed by atoms with E-state index in [0.717, 1.165) is 49.7 Å². The smallest absolute Gasteiger partial charge is 0.241 e. The van der Waals surface area contributed by atoms with Crippen LogP contribution in [0.15, 0.2) is 40.3 Å². The van der Waals surface area contributed by atoms with Crippen molar-refractivity contribution in [3.63, 3.8) is 0 Å². The van der Waals surface area contributed by atoms with E-state index < -0.39 is 10.0 Å². The summed E-state index contributed by atoms with van der Waals surface area (Å²) in [5, 5.41) is 11.8. The molecule has 0 unspecified atom stereocenters. The molecule has 0 spiro atoms. The van der Waals surface area contributed by atoms with E-state index >= 15 is 0 Å². The molecule has 1 aromatic carbocycles. The van der Waals surface area contributed by atoms with E-state index in [9.17, 15) is 8.42 Å². The van der Waals surface area contributed by atoms with Gasteiger partial charge in [-0.1, -0.05) is 12.1 Å². The lowest BCUT2D eigenvalue weighted by molar-refractivity contribution is 0.305. The third kappa shape index (κ3) is 4.27. The second-order valence-electron chi connectivity index (χ2n) is 8.45. The molecule has 2 heterocycles. The highest BCUT2D eigenvalue weighted by molar-refractivity contribution is 7.89. The summed E-state index contributed by atoms with van der Waals surface area (Å²) in [7, 11) is -3.65.